The monoisotopic (exact) mass is 493 g/mol. The molecule has 0 N–H and O–H groups in total. The Morgan fingerprint density at radius 3 is 0.686 bits per heavy atom. The Hall–Kier alpha value is 0. The van der Waals surface area contributed by atoms with Gasteiger partial charge in [0.2, 0.25) is 0 Å². The van der Waals surface area contributed by atoms with Crippen LogP contribution in [-0.4, -0.2) is 0 Å². The van der Waals surface area contributed by atoms with E-state index in [4.69, 9.17) is 0 Å². The van der Waals surface area contributed by atoms with E-state index in [1.54, 1.807) is 0 Å². The van der Waals surface area contributed by atoms with Gasteiger partial charge >= 0.3 is 0 Å². The number of hydrogen-bond acceptors (Lipinski definition) is 0. The summed E-state index contributed by atoms with van der Waals surface area (Å²) in [5, 5.41) is 0. The quantitative estimate of drug-likeness (QED) is 0.0844. The zero-order valence-electron chi connectivity index (χ0n) is 25.5. The van der Waals surface area contributed by atoms with Gasteiger partial charge in [-0.05, 0) is 5.92 Å². The van der Waals surface area contributed by atoms with E-state index in [1.165, 1.54) is 199 Å². The second-order valence-corrected chi connectivity index (χ2v) is 12.1. The molecule has 0 aliphatic carbocycles. The van der Waals surface area contributed by atoms with Crippen LogP contribution in [0.3, 0.4) is 0 Å². The summed E-state index contributed by atoms with van der Waals surface area (Å²) in [7, 11) is 0. The Morgan fingerprint density at radius 1 is 0.229 bits per heavy atom. The lowest BCUT2D eigenvalue weighted by atomic mass is 9.90. The van der Waals surface area contributed by atoms with Crippen LogP contribution in [0.2, 0.25) is 0 Å². The Bertz CT molecular complexity index is 316. The van der Waals surface area contributed by atoms with Crippen molar-refractivity contribution in [2.75, 3.05) is 0 Å². The summed E-state index contributed by atoms with van der Waals surface area (Å²) in [6, 6.07) is 0. The van der Waals surface area contributed by atoms with Crippen molar-refractivity contribution < 1.29 is 0 Å². The van der Waals surface area contributed by atoms with Crippen LogP contribution in [0.4, 0.5) is 0 Å². The number of unbranched alkanes of at least 4 members (excludes halogenated alkanes) is 25. The van der Waals surface area contributed by atoms with Gasteiger partial charge in [0.15, 0.2) is 0 Å². The smallest absolute Gasteiger partial charge is 0.0414 e. The van der Waals surface area contributed by atoms with Gasteiger partial charge in [0.25, 0.3) is 0 Å². The first-order valence-electron chi connectivity index (χ1n) is 17.3. The lowest BCUT2D eigenvalue weighted by Crippen LogP contribution is -2.01. The van der Waals surface area contributed by atoms with E-state index in [0.29, 0.717) is 0 Å². The fourth-order valence-corrected chi connectivity index (χ4v) is 5.83. The second-order valence-electron chi connectivity index (χ2n) is 12.1. The van der Waals surface area contributed by atoms with Crippen molar-refractivity contribution in [3.63, 3.8) is 0 Å². The van der Waals surface area contributed by atoms with E-state index in [9.17, 15) is 0 Å². The molecule has 0 saturated carbocycles. The normalized spacial score (nSPS) is 11.7. The third-order valence-corrected chi connectivity index (χ3v) is 8.40. The molecule has 0 atom stereocenters. The first kappa shape index (κ1) is 35.0. The standard InChI is InChI=1S/C35H72/c1-4-7-10-12-14-16-18-20-22-24-26-28-30-33-35(32-9-6-3)34-31-29-27-25-23-21-19-17-15-13-11-8-5-2/h35H,4-34H2,1-3H3. The predicted molar refractivity (Wildman–Crippen MR) is 164 cm³/mol. The second kappa shape index (κ2) is 32.0. The molecule has 0 unspecified atom stereocenters. The summed E-state index contributed by atoms with van der Waals surface area (Å²) in [5.41, 5.74) is 0. The van der Waals surface area contributed by atoms with Crippen molar-refractivity contribution in [3.05, 3.63) is 0 Å². The van der Waals surface area contributed by atoms with Crippen LogP contribution < -0.4 is 0 Å². The van der Waals surface area contributed by atoms with E-state index >= 15 is 0 Å². The topological polar surface area (TPSA) is 0 Å². The van der Waals surface area contributed by atoms with E-state index in [-0.39, 0.29) is 0 Å². The fraction of sp³-hybridized carbons (Fsp3) is 1.00. The van der Waals surface area contributed by atoms with Crippen molar-refractivity contribution in [2.24, 2.45) is 5.92 Å². The van der Waals surface area contributed by atoms with Crippen molar-refractivity contribution >= 4 is 0 Å². The molecule has 0 aromatic rings. The van der Waals surface area contributed by atoms with Gasteiger partial charge in [0.05, 0.1) is 0 Å². The highest BCUT2D eigenvalue weighted by Crippen LogP contribution is 2.24. The summed E-state index contributed by atoms with van der Waals surface area (Å²) < 4.78 is 0. The third kappa shape index (κ3) is 30.1. The summed E-state index contributed by atoms with van der Waals surface area (Å²) >= 11 is 0. The zero-order chi connectivity index (χ0) is 25.5. The average molecular weight is 493 g/mol. The molecule has 0 aliphatic heterocycles. The molecule has 0 radical (unpaired) electrons. The maximum Gasteiger partial charge on any atom is -0.0414 e. The van der Waals surface area contributed by atoms with Crippen LogP contribution in [0, 0.1) is 5.92 Å². The minimum atomic E-state index is 1.04. The van der Waals surface area contributed by atoms with Gasteiger partial charge in [-0.3, -0.25) is 0 Å². The summed E-state index contributed by atoms with van der Waals surface area (Å²) in [4.78, 5) is 0. The molecule has 0 rings (SSSR count). The van der Waals surface area contributed by atoms with Crippen molar-refractivity contribution in [3.8, 4) is 0 Å². The first-order chi connectivity index (χ1) is 17.3. The summed E-state index contributed by atoms with van der Waals surface area (Å²) in [6.07, 6.45) is 45.8. The van der Waals surface area contributed by atoms with Crippen LogP contribution in [0.15, 0.2) is 0 Å². The molecular formula is C35H72. The maximum atomic E-state index is 2.37. The zero-order valence-corrected chi connectivity index (χ0v) is 25.5. The molecule has 0 heterocycles. The Kier molecular flexibility index (Phi) is 32.0. The molecule has 0 bridgehead atoms. The molecule has 0 aromatic carbocycles. The lowest BCUT2D eigenvalue weighted by molar-refractivity contribution is 0.370. The Morgan fingerprint density at radius 2 is 0.429 bits per heavy atom. The molecule has 0 fully saturated rings. The molecule has 0 aliphatic rings. The van der Waals surface area contributed by atoms with Gasteiger partial charge in [-0.2, -0.15) is 0 Å². The molecular weight excluding hydrogens is 420 g/mol. The van der Waals surface area contributed by atoms with E-state index < -0.39 is 0 Å². The van der Waals surface area contributed by atoms with Crippen LogP contribution >= 0.6 is 0 Å². The van der Waals surface area contributed by atoms with E-state index in [2.05, 4.69) is 20.8 Å². The highest BCUT2D eigenvalue weighted by molar-refractivity contribution is 4.61. The predicted octanol–water partition coefficient (Wildman–Crippen LogP) is 13.8. The van der Waals surface area contributed by atoms with E-state index in [0.717, 1.165) is 5.92 Å². The molecule has 0 saturated heterocycles. The maximum absolute atomic E-state index is 2.37. The minimum absolute atomic E-state index is 1.04. The van der Waals surface area contributed by atoms with Gasteiger partial charge in [0.1, 0.15) is 0 Å². The fourth-order valence-electron chi connectivity index (χ4n) is 5.83. The van der Waals surface area contributed by atoms with Gasteiger partial charge < -0.3 is 0 Å². The van der Waals surface area contributed by atoms with Gasteiger partial charge in [0, 0.05) is 0 Å². The minimum Gasteiger partial charge on any atom is -0.0654 e. The molecule has 35 heavy (non-hydrogen) atoms. The highest BCUT2D eigenvalue weighted by atomic mass is 14.1. The Labute approximate surface area is 225 Å². The number of rotatable bonds is 31. The van der Waals surface area contributed by atoms with Crippen LogP contribution in [0.1, 0.15) is 220 Å². The molecule has 0 amide bonds. The molecule has 0 aromatic heterocycles. The molecule has 0 nitrogen and oxygen atoms in total. The van der Waals surface area contributed by atoms with Gasteiger partial charge in [-0.15, -0.1) is 0 Å². The highest BCUT2D eigenvalue weighted by Gasteiger charge is 2.08. The van der Waals surface area contributed by atoms with Crippen LogP contribution in [0.5, 0.6) is 0 Å². The SMILES string of the molecule is CCCCCCCCCCCCCCCC(CCCC)CCCCCCCCCCCCCCC. The van der Waals surface area contributed by atoms with Crippen LogP contribution in [-0.2, 0) is 0 Å². The summed E-state index contributed by atoms with van der Waals surface area (Å²) in [6.45, 7) is 6.99. The average Bonchev–Trinajstić information content (AvgIpc) is 2.87. The Balaban J connectivity index is 3.48. The van der Waals surface area contributed by atoms with Gasteiger partial charge in [-0.25, -0.2) is 0 Å². The van der Waals surface area contributed by atoms with Crippen molar-refractivity contribution in [1.82, 2.24) is 0 Å². The van der Waals surface area contributed by atoms with Crippen LogP contribution in [0.25, 0.3) is 0 Å². The largest absolute Gasteiger partial charge is 0.0654 e. The van der Waals surface area contributed by atoms with Gasteiger partial charge in [-0.1, -0.05) is 220 Å². The summed E-state index contributed by atoms with van der Waals surface area (Å²) in [5.74, 6) is 1.04. The molecule has 212 valence electrons. The number of hydrogen-bond donors (Lipinski definition) is 0. The molecule has 0 spiro atoms. The van der Waals surface area contributed by atoms with Crippen molar-refractivity contribution in [2.45, 2.75) is 220 Å². The third-order valence-electron chi connectivity index (χ3n) is 8.40. The first-order valence-corrected chi connectivity index (χ1v) is 17.3. The van der Waals surface area contributed by atoms with E-state index in [1.807, 2.05) is 0 Å². The lowest BCUT2D eigenvalue weighted by Gasteiger charge is -2.16. The van der Waals surface area contributed by atoms with Crippen molar-refractivity contribution in [1.29, 1.82) is 0 Å². The molecule has 0 heteroatoms.